The maximum absolute atomic E-state index is 5.89. The molecule has 3 aromatic rings. The van der Waals surface area contributed by atoms with Crippen molar-refractivity contribution >= 4 is 17.3 Å². The van der Waals surface area contributed by atoms with Gasteiger partial charge in [0.05, 0.1) is 0 Å². The van der Waals surface area contributed by atoms with Gasteiger partial charge >= 0.3 is 0 Å². The Kier molecular flexibility index (Phi) is 3.16. The molecule has 0 aliphatic carbocycles. The first-order chi connectivity index (χ1) is 9.65. The second-order valence-corrected chi connectivity index (χ2v) is 4.89. The lowest BCUT2D eigenvalue weighted by Gasteiger charge is -2.03. The number of nitrogens with two attached hydrogens (primary N) is 1. The van der Waals surface area contributed by atoms with Crippen LogP contribution in [-0.2, 0) is 0 Å². The summed E-state index contributed by atoms with van der Waals surface area (Å²) in [6.07, 6.45) is 0. The van der Waals surface area contributed by atoms with Crippen LogP contribution in [0.2, 0.25) is 5.02 Å². The first-order valence-electron chi connectivity index (χ1n) is 6.10. The third kappa shape index (κ3) is 2.26. The van der Waals surface area contributed by atoms with Crippen molar-refractivity contribution in [3.05, 3.63) is 53.1 Å². The minimum absolute atomic E-state index is 0.458. The summed E-state index contributed by atoms with van der Waals surface area (Å²) < 4.78 is 5.32. The zero-order valence-corrected chi connectivity index (χ0v) is 11.6. The molecule has 4 nitrogen and oxygen atoms in total. The molecule has 0 atom stereocenters. The van der Waals surface area contributed by atoms with E-state index in [4.69, 9.17) is 21.9 Å². The number of hydrogen-bond donors (Lipinski definition) is 1. The van der Waals surface area contributed by atoms with Crippen LogP contribution in [0.3, 0.4) is 0 Å². The van der Waals surface area contributed by atoms with Crippen LogP contribution in [0.4, 0.5) is 5.69 Å². The van der Waals surface area contributed by atoms with Gasteiger partial charge in [-0.3, -0.25) is 0 Å². The molecule has 0 fully saturated rings. The van der Waals surface area contributed by atoms with Crippen LogP contribution < -0.4 is 5.73 Å². The highest BCUT2D eigenvalue weighted by atomic mass is 35.5. The van der Waals surface area contributed by atoms with Gasteiger partial charge in [-0.1, -0.05) is 22.8 Å². The highest BCUT2D eigenvalue weighted by Crippen LogP contribution is 2.27. The highest BCUT2D eigenvalue weighted by molar-refractivity contribution is 6.30. The van der Waals surface area contributed by atoms with Crippen LogP contribution in [0.15, 0.2) is 47.0 Å². The van der Waals surface area contributed by atoms with Crippen molar-refractivity contribution in [2.45, 2.75) is 6.92 Å². The molecule has 0 aliphatic heterocycles. The summed E-state index contributed by atoms with van der Waals surface area (Å²) in [5.74, 6) is 0.984. The lowest BCUT2D eigenvalue weighted by atomic mass is 10.1. The van der Waals surface area contributed by atoms with Gasteiger partial charge in [-0.05, 0) is 48.9 Å². The summed E-state index contributed by atoms with van der Waals surface area (Å²) in [5, 5.41) is 4.66. The second-order valence-electron chi connectivity index (χ2n) is 4.45. The Morgan fingerprint density at radius 1 is 1.10 bits per heavy atom. The van der Waals surface area contributed by atoms with Gasteiger partial charge in [0.15, 0.2) is 0 Å². The van der Waals surface area contributed by atoms with E-state index in [-0.39, 0.29) is 0 Å². The SMILES string of the molecule is Cc1c(N)cccc1-c1nc(-c2ccc(Cl)cc2)no1. The van der Waals surface area contributed by atoms with Crippen molar-refractivity contribution in [2.75, 3.05) is 5.73 Å². The van der Waals surface area contributed by atoms with Crippen molar-refractivity contribution in [3.8, 4) is 22.8 Å². The summed E-state index contributed by atoms with van der Waals surface area (Å²) in [4.78, 5) is 4.41. The maximum Gasteiger partial charge on any atom is 0.258 e. The van der Waals surface area contributed by atoms with E-state index >= 15 is 0 Å². The summed E-state index contributed by atoms with van der Waals surface area (Å²) in [5.41, 5.74) is 9.22. The van der Waals surface area contributed by atoms with Gasteiger partial charge in [0.25, 0.3) is 5.89 Å². The molecule has 0 bridgehead atoms. The zero-order valence-electron chi connectivity index (χ0n) is 10.8. The van der Waals surface area contributed by atoms with E-state index in [1.807, 2.05) is 37.3 Å². The predicted octanol–water partition coefficient (Wildman–Crippen LogP) is 3.95. The highest BCUT2D eigenvalue weighted by Gasteiger charge is 2.13. The molecular formula is C15H12ClN3O. The molecule has 2 N–H and O–H groups in total. The van der Waals surface area contributed by atoms with E-state index in [9.17, 15) is 0 Å². The van der Waals surface area contributed by atoms with Crippen LogP contribution in [0.25, 0.3) is 22.8 Å². The summed E-state index contributed by atoms with van der Waals surface area (Å²) >= 11 is 5.86. The van der Waals surface area contributed by atoms with E-state index in [1.54, 1.807) is 12.1 Å². The molecule has 3 rings (SSSR count). The number of rotatable bonds is 2. The fraction of sp³-hybridized carbons (Fsp3) is 0.0667. The van der Waals surface area contributed by atoms with Crippen LogP contribution >= 0.6 is 11.6 Å². The molecule has 0 amide bonds. The van der Waals surface area contributed by atoms with Gasteiger partial charge in [0.1, 0.15) is 0 Å². The number of aromatic nitrogens is 2. The van der Waals surface area contributed by atoms with Crippen molar-refractivity contribution < 1.29 is 4.52 Å². The topological polar surface area (TPSA) is 64.9 Å². The van der Waals surface area contributed by atoms with Gasteiger partial charge in [-0.2, -0.15) is 4.98 Å². The molecule has 0 radical (unpaired) electrons. The molecule has 0 saturated carbocycles. The predicted molar refractivity (Wildman–Crippen MR) is 79.3 cm³/mol. The molecular weight excluding hydrogens is 274 g/mol. The molecule has 0 unspecified atom stereocenters. The Morgan fingerprint density at radius 3 is 2.60 bits per heavy atom. The Hall–Kier alpha value is -2.33. The molecule has 100 valence electrons. The number of benzene rings is 2. The molecule has 0 spiro atoms. The second kappa shape index (κ2) is 4.98. The molecule has 2 aromatic carbocycles. The molecule has 1 aromatic heterocycles. The summed E-state index contributed by atoms with van der Waals surface area (Å²) in [6.45, 7) is 1.93. The average Bonchev–Trinajstić information content (AvgIpc) is 2.92. The fourth-order valence-corrected chi connectivity index (χ4v) is 2.06. The van der Waals surface area contributed by atoms with E-state index in [0.717, 1.165) is 16.7 Å². The van der Waals surface area contributed by atoms with E-state index in [1.165, 1.54) is 0 Å². The quantitative estimate of drug-likeness (QED) is 0.724. The molecule has 20 heavy (non-hydrogen) atoms. The van der Waals surface area contributed by atoms with Gasteiger partial charge in [0, 0.05) is 21.8 Å². The summed E-state index contributed by atoms with van der Waals surface area (Å²) in [7, 11) is 0. The molecule has 0 saturated heterocycles. The molecule has 1 heterocycles. The lowest BCUT2D eigenvalue weighted by molar-refractivity contribution is 0.432. The van der Waals surface area contributed by atoms with Gasteiger partial charge in [-0.15, -0.1) is 0 Å². The van der Waals surface area contributed by atoms with Gasteiger partial charge < -0.3 is 10.3 Å². The number of hydrogen-bond acceptors (Lipinski definition) is 4. The largest absolute Gasteiger partial charge is 0.398 e. The van der Waals surface area contributed by atoms with Crippen LogP contribution in [0.1, 0.15) is 5.56 Å². The number of nitrogen functional groups attached to an aromatic ring is 1. The van der Waals surface area contributed by atoms with E-state index in [2.05, 4.69) is 10.1 Å². The normalized spacial score (nSPS) is 10.7. The Bertz CT molecular complexity index is 750. The van der Waals surface area contributed by atoms with Crippen molar-refractivity contribution in [2.24, 2.45) is 0 Å². The Labute approximate surface area is 121 Å². The third-order valence-electron chi connectivity index (χ3n) is 3.13. The summed E-state index contributed by atoms with van der Waals surface area (Å²) in [6, 6.07) is 12.9. The lowest BCUT2D eigenvalue weighted by Crippen LogP contribution is -1.92. The Balaban J connectivity index is 2.02. The first kappa shape index (κ1) is 12.7. The smallest absolute Gasteiger partial charge is 0.258 e. The minimum Gasteiger partial charge on any atom is -0.398 e. The van der Waals surface area contributed by atoms with E-state index in [0.29, 0.717) is 22.4 Å². The monoisotopic (exact) mass is 285 g/mol. The average molecular weight is 286 g/mol. The maximum atomic E-state index is 5.89. The first-order valence-corrected chi connectivity index (χ1v) is 6.48. The zero-order chi connectivity index (χ0) is 14.1. The number of anilines is 1. The van der Waals surface area contributed by atoms with Crippen LogP contribution in [-0.4, -0.2) is 10.1 Å². The van der Waals surface area contributed by atoms with Crippen LogP contribution in [0, 0.1) is 6.92 Å². The number of halogens is 1. The van der Waals surface area contributed by atoms with Gasteiger partial charge in [0.2, 0.25) is 5.82 Å². The van der Waals surface area contributed by atoms with E-state index < -0.39 is 0 Å². The van der Waals surface area contributed by atoms with Crippen molar-refractivity contribution in [1.82, 2.24) is 10.1 Å². The number of nitrogens with zero attached hydrogens (tertiary/aromatic N) is 2. The fourth-order valence-electron chi connectivity index (χ4n) is 1.93. The third-order valence-corrected chi connectivity index (χ3v) is 3.39. The van der Waals surface area contributed by atoms with Gasteiger partial charge in [-0.25, -0.2) is 0 Å². The minimum atomic E-state index is 0.458. The van der Waals surface area contributed by atoms with Crippen molar-refractivity contribution in [3.63, 3.8) is 0 Å². The van der Waals surface area contributed by atoms with Crippen LogP contribution in [0.5, 0.6) is 0 Å². The molecule has 0 aliphatic rings. The Morgan fingerprint density at radius 2 is 1.85 bits per heavy atom. The molecule has 5 heteroatoms. The standard InChI is InChI=1S/C15H12ClN3O/c1-9-12(3-2-4-13(9)17)15-18-14(19-20-15)10-5-7-11(16)8-6-10/h2-8H,17H2,1H3. The van der Waals surface area contributed by atoms with Crippen molar-refractivity contribution in [1.29, 1.82) is 0 Å².